The summed E-state index contributed by atoms with van der Waals surface area (Å²) in [6, 6.07) is 7.10. The Hall–Kier alpha value is -2.35. The molecule has 1 aromatic carbocycles. The maximum atomic E-state index is 13.1. The van der Waals surface area contributed by atoms with Crippen LogP contribution in [0.5, 0.6) is 0 Å². The van der Waals surface area contributed by atoms with E-state index in [0.29, 0.717) is 32.1 Å². The minimum absolute atomic E-state index is 0.157. The fraction of sp³-hybridized carbons (Fsp3) is 0.636. The summed E-state index contributed by atoms with van der Waals surface area (Å²) in [5.74, 6) is 0.687. The van der Waals surface area contributed by atoms with Crippen LogP contribution in [-0.4, -0.2) is 87.1 Å². The standard InChI is InChI=1S/C22H35FN6O/c1-3-27-12-4-5-20(27)17-26-22(24-2)25-11-10-21(30)29-15-13-28(14-16-29)19-8-6-18(23)7-9-19/h6-9,20H,3-5,10-17H2,1-2H3,(H2,24,25,26). The lowest BCUT2D eigenvalue weighted by atomic mass is 10.2. The molecule has 30 heavy (non-hydrogen) atoms. The molecular formula is C22H35FN6O. The first-order chi connectivity index (χ1) is 14.6. The van der Waals surface area contributed by atoms with Crippen LogP contribution in [0, 0.1) is 5.82 Å². The molecule has 1 aromatic rings. The zero-order valence-corrected chi connectivity index (χ0v) is 18.2. The summed E-state index contributed by atoms with van der Waals surface area (Å²) in [5.41, 5.74) is 1.00. The molecule has 7 nitrogen and oxygen atoms in total. The predicted octanol–water partition coefficient (Wildman–Crippen LogP) is 1.51. The minimum atomic E-state index is -0.226. The van der Waals surface area contributed by atoms with E-state index in [0.717, 1.165) is 37.8 Å². The summed E-state index contributed by atoms with van der Waals surface area (Å²) in [6.45, 7) is 8.84. The maximum Gasteiger partial charge on any atom is 0.224 e. The highest BCUT2D eigenvalue weighted by Gasteiger charge is 2.23. The van der Waals surface area contributed by atoms with E-state index in [2.05, 4.69) is 32.3 Å². The summed E-state index contributed by atoms with van der Waals surface area (Å²) in [6.07, 6.45) is 2.93. The topological polar surface area (TPSA) is 63.2 Å². The number of hydrogen-bond acceptors (Lipinski definition) is 4. The fourth-order valence-corrected chi connectivity index (χ4v) is 4.29. The first-order valence-corrected chi connectivity index (χ1v) is 11.1. The summed E-state index contributed by atoms with van der Waals surface area (Å²) in [5, 5.41) is 6.66. The molecule has 0 aliphatic carbocycles. The number of likely N-dealkylation sites (tertiary alicyclic amines) is 1. The molecule has 2 fully saturated rings. The van der Waals surface area contributed by atoms with E-state index in [9.17, 15) is 9.18 Å². The number of halogens is 1. The van der Waals surface area contributed by atoms with Crippen molar-refractivity contribution in [1.29, 1.82) is 0 Å². The Kier molecular flexibility index (Phi) is 8.30. The highest BCUT2D eigenvalue weighted by Crippen LogP contribution is 2.17. The predicted molar refractivity (Wildman–Crippen MR) is 119 cm³/mol. The van der Waals surface area contributed by atoms with Gasteiger partial charge in [-0.15, -0.1) is 0 Å². The Morgan fingerprint density at radius 2 is 1.87 bits per heavy atom. The van der Waals surface area contributed by atoms with Gasteiger partial charge in [0, 0.05) is 64.5 Å². The van der Waals surface area contributed by atoms with Crippen LogP contribution < -0.4 is 15.5 Å². The quantitative estimate of drug-likeness (QED) is 0.519. The van der Waals surface area contributed by atoms with Gasteiger partial charge in [-0.25, -0.2) is 4.39 Å². The monoisotopic (exact) mass is 418 g/mol. The van der Waals surface area contributed by atoms with E-state index in [-0.39, 0.29) is 11.7 Å². The number of benzene rings is 1. The van der Waals surface area contributed by atoms with Crippen LogP contribution >= 0.6 is 0 Å². The molecule has 0 bridgehead atoms. The van der Waals surface area contributed by atoms with Crippen molar-refractivity contribution in [1.82, 2.24) is 20.4 Å². The third-order valence-corrected chi connectivity index (χ3v) is 6.09. The van der Waals surface area contributed by atoms with Crippen LogP contribution in [-0.2, 0) is 4.79 Å². The summed E-state index contributed by atoms with van der Waals surface area (Å²) in [7, 11) is 1.76. The number of nitrogens with zero attached hydrogens (tertiary/aromatic N) is 4. The molecule has 0 spiro atoms. The van der Waals surface area contributed by atoms with Crippen molar-refractivity contribution in [2.75, 3.05) is 64.3 Å². The molecule has 2 N–H and O–H groups in total. The summed E-state index contributed by atoms with van der Waals surface area (Å²) >= 11 is 0. The van der Waals surface area contributed by atoms with Crippen molar-refractivity contribution in [3.05, 3.63) is 30.1 Å². The molecular weight excluding hydrogens is 383 g/mol. The molecule has 1 amide bonds. The molecule has 2 aliphatic heterocycles. The number of hydrogen-bond donors (Lipinski definition) is 2. The van der Waals surface area contributed by atoms with E-state index in [4.69, 9.17) is 0 Å². The number of anilines is 1. The smallest absolute Gasteiger partial charge is 0.224 e. The van der Waals surface area contributed by atoms with E-state index in [1.165, 1.54) is 31.5 Å². The van der Waals surface area contributed by atoms with Crippen LogP contribution in [0.15, 0.2) is 29.3 Å². The Labute approximate surface area is 179 Å². The number of rotatable bonds is 7. The molecule has 8 heteroatoms. The average molecular weight is 419 g/mol. The van der Waals surface area contributed by atoms with Crippen molar-refractivity contribution in [3.63, 3.8) is 0 Å². The second kappa shape index (κ2) is 11.2. The van der Waals surface area contributed by atoms with E-state index >= 15 is 0 Å². The number of guanidine groups is 1. The molecule has 0 saturated carbocycles. The maximum absolute atomic E-state index is 13.1. The van der Waals surface area contributed by atoms with Crippen LogP contribution in [0.4, 0.5) is 10.1 Å². The lowest BCUT2D eigenvalue weighted by Crippen LogP contribution is -2.49. The van der Waals surface area contributed by atoms with Gasteiger partial charge in [0.05, 0.1) is 0 Å². The molecule has 1 unspecified atom stereocenters. The van der Waals surface area contributed by atoms with Gasteiger partial charge >= 0.3 is 0 Å². The first-order valence-electron chi connectivity index (χ1n) is 11.1. The van der Waals surface area contributed by atoms with Gasteiger partial charge in [-0.1, -0.05) is 6.92 Å². The molecule has 0 radical (unpaired) electrons. The van der Waals surface area contributed by atoms with Gasteiger partial charge in [0.1, 0.15) is 5.82 Å². The van der Waals surface area contributed by atoms with Crippen LogP contribution in [0.1, 0.15) is 26.2 Å². The lowest BCUT2D eigenvalue weighted by molar-refractivity contribution is -0.131. The van der Waals surface area contributed by atoms with Crippen molar-refractivity contribution in [2.45, 2.75) is 32.2 Å². The van der Waals surface area contributed by atoms with Gasteiger partial charge in [-0.3, -0.25) is 14.7 Å². The molecule has 3 rings (SSSR count). The second-order valence-corrected chi connectivity index (χ2v) is 7.90. The number of carbonyl (C=O) groups is 1. The SMILES string of the molecule is CCN1CCCC1CNC(=NC)NCCC(=O)N1CCN(c2ccc(F)cc2)CC1. The Morgan fingerprint density at radius 3 is 2.53 bits per heavy atom. The average Bonchev–Trinajstić information content (AvgIpc) is 3.24. The highest BCUT2D eigenvalue weighted by molar-refractivity contribution is 5.81. The lowest BCUT2D eigenvalue weighted by Gasteiger charge is -2.36. The highest BCUT2D eigenvalue weighted by atomic mass is 19.1. The Balaban J connectivity index is 1.34. The number of nitrogens with one attached hydrogen (secondary N) is 2. The van der Waals surface area contributed by atoms with Gasteiger partial charge in [0.15, 0.2) is 5.96 Å². The minimum Gasteiger partial charge on any atom is -0.368 e. The number of likely N-dealkylation sites (N-methyl/N-ethyl adjacent to an activating group) is 1. The van der Waals surface area contributed by atoms with E-state index < -0.39 is 0 Å². The third kappa shape index (κ3) is 6.08. The largest absolute Gasteiger partial charge is 0.368 e. The van der Waals surface area contributed by atoms with E-state index in [1.54, 1.807) is 19.2 Å². The molecule has 2 aliphatic rings. The number of piperazine rings is 1. The normalized spacial score (nSPS) is 20.5. The summed E-state index contributed by atoms with van der Waals surface area (Å²) < 4.78 is 13.1. The summed E-state index contributed by atoms with van der Waals surface area (Å²) in [4.78, 5) is 23.4. The molecule has 1 atom stereocenters. The van der Waals surface area contributed by atoms with Crippen molar-refractivity contribution in [2.24, 2.45) is 4.99 Å². The second-order valence-electron chi connectivity index (χ2n) is 7.90. The molecule has 2 saturated heterocycles. The molecule has 0 aromatic heterocycles. The zero-order valence-electron chi connectivity index (χ0n) is 18.2. The van der Waals surface area contributed by atoms with E-state index in [1.807, 2.05) is 4.90 Å². The van der Waals surface area contributed by atoms with Gasteiger partial charge in [-0.05, 0) is 50.2 Å². The number of amides is 1. The van der Waals surface area contributed by atoms with Crippen molar-refractivity contribution >= 4 is 17.6 Å². The van der Waals surface area contributed by atoms with Gasteiger partial charge in [0.25, 0.3) is 0 Å². The Bertz CT molecular complexity index is 702. The van der Waals surface area contributed by atoms with Crippen molar-refractivity contribution in [3.8, 4) is 0 Å². The Morgan fingerprint density at radius 1 is 1.13 bits per heavy atom. The molecule has 2 heterocycles. The van der Waals surface area contributed by atoms with Crippen LogP contribution in [0.3, 0.4) is 0 Å². The van der Waals surface area contributed by atoms with Crippen LogP contribution in [0.25, 0.3) is 0 Å². The first kappa shape index (κ1) is 22.3. The molecule has 166 valence electrons. The van der Waals surface area contributed by atoms with Crippen molar-refractivity contribution < 1.29 is 9.18 Å². The number of aliphatic imine (C=N–C) groups is 1. The van der Waals surface area contributed by atoms with Gasteiger partial charge in [-0.2, -0.15) is 0 Å². The third-order valence-electron chi connectivity index (χ3n) is 6.09. The van der Waals surface area contributed by atoms with Crippen LogP contribution in [0.2, 0.25) is 0 Å². The van der Waals surface area contributed by atoms with Gasteiger partial charge < -0.3 is 20.4 Å². The number of carbonyl (C=O) groups excluding carboxylic acids is 1. The zero-order chi connectivity index (χ0) is 21.3. The van der Waals surface area contributed by atoms with Gasteiger partial charge in [0.2, 0.25) is 5.91 Å². The fourth-order valence-electron chi connectivity index (χ4n) is 4.29.